The first-order valence-corrected chi connectivity index (χ1v) is 15.7. The molecular weight excluding hydrogens is 534 g/mol. The van der Waals surface area contributed by atoms with Crippen molar-refractivity contribution in [3.05, 3.63) is 30.0 Å². The Bertz CT molecular complexity index is 1230. The number of hydrogen-bond acceptors (Lipinski definition) is 7. The van der Waals surface area contributed by atoms with Crippen molar-refractivity contribution in [3.63, 3.8) is 0 Å². The highest BCUT2D eigenvalue weighted by Gasteiger charge is 2.50. The highest BCUT2D eigenvalue weighted by Crippen LogP contribution is 2.42. The number of methoxy groups -OCH3 is 2. The number of likely N-dealkylation sites (tertiary alicyclic amines) is 2. The van der Waals surface area contributed by atoms with Crippen LogP contribution in [0.5, 0.6) is 11.5 Å². The number of carbonyl (C=O) groups excluding carboxylic acids is 2. The minimum Gasteiger partial charge on any atom is -0.496 e. The van der Waals surface area contributed by atoms with Crippen molar-refractivity contribution in [1.29, 1.82) is 0 Å². The molecule has 1 spiro atoms. The maximum atomic E-state index is 13.8. The van der Waals surface area contributed by atoms with Crippen LogP contribution in [0.2, 0.25) is 0 Å². The molecule has 10 heteroatoms. The van der Waals surface area contributed by atoms with Crippen LogP contribution in [0.15, 0.2) is 24.3 Å². The van der Waals surface area contributed by atoms with Gasteiger partial charge < -0.3 is 29.3 Å². The SMILES string of the molecule is COc1cccc(OC)c1-c1cc(C(=O)N[C@@H](CCN2CCCCC2)CC(=O)N2CC3(COC3)C2)nn1C1CCCC1. The zero-order chi connectivity index (χ0) is 29.1. The summed E-state index contributed by atoms with van der Waals surface area (Å²) in [5.41, 5.74) is 2.14. The normalized spacial score (nSPS) is 21.0. The molecule has 0 bridgehead atoms. The Morgan fingerprint density at radius 2 is 1.74 bits per heavy atom. The smallest absolute Gasteiger partial charge is 0.272 e. The Labute approximate surface area is 248 Å². The summed E-state index contributed by atoms with van der Waals surface area (Å²) in [5.74, 6) is 1.21. The van der Waals surface area contributed by atoms with Gasteiger partial charge in [0, 0.05) is 32.1 Å². The van der Waals surface area contributed by atoms with Gasteiger partial charge in [0.25, 0.3) is 5.91 Å². The first-order chi connectivity index (χ1) is 20.5. The van der Waals surface area contributed by atoms with E-state index in [9.17, 15) is 9.59 Å². The molecule has 3 saturated heterocycles. The number of piperidine rings is 1. The number of benzene rings is 1. The van der Waals surface area contributed by atoms with Gasteiger partial charge in [0.15, 0.2) is 5.69 Å². The van der Waals surface area contributed by atoms with Crippen LogP contribution in [0.3, 0.4) is 0 Å². The largest absolute Gasteiger partial charge is 0.496 e. The maximum absolute atomic E-state index is 13.8. The van der Waals surface area contributed by atoms with Gasteiger partial charge >= 0.3 is 0 Å². The van der Waals surface area contributed by atoms with Crippen LogP contribution < -0.4 is 14.8 Å². The molecule has 1 atom stereocenters. The minimum atomic E-state index is -0.262. The van der Waals surface area contributed by atoms with Crippen LogP contribution in [0.4, 0.5) is 0 Å². The van der Waals surface area contributed by atoms with E-state index >= 15 is 0 Å². The second-order valence-corrected chi connectivity index (χ2v) is 12.6. The molecule has 0 unspecified atom stereocenters. The third-order valence-electron chi connectivity index (χ3n) is 9.54. The Balaban J connectivity index is 1.22. The highest BCUT2D eigenvalue weighted by molar-refractivity contribution is 5.94. The second kappa shape index (κ2) is 12.6. The maximum Gasteiger partial charge on any atom is 0.272 e. The molecule has 1 aromatic carbocycles. The molecule has 1 aromatic heterocycles. The molecule has 6 rings (SSSR count). The van der Waals surface area contributed by atoms with Crippen LogP contribution in [0.25, 0.3) is 11.3 Å². The summed E-state index contributed by atoms with van der Waals surface area (Å²) in [5, 5.41) is 8.09. The number of carbonyl (C=O) groups is 2. The number of ether oxygens (including phenoxy) is 3. The fourth-order valence-electron chi connectivity index (χ4n) is 7.08. The lowest BCUT2D eigenvalue weighted by atomic mass is 9.78. The quantitative estimate of drug-likeness (QED) is 0.431. The zero-order valence-electron chi connectivity index (χ0n) is 25.1. The van der Waals surface area contributed by atoms with E-state index in [2.05, 4.69) is 10.2 Å². The zero-order valence-corrected chi connectivity index (χ0v) is 25.1. The topological polar surface area (TPSA) is 98.2 Å². The molecular formula is C32H45N5O5. The Morgan fingerprint density at radius 3 is 2.36 bits per heavy atom. The molecule has 10 nitrogen and oxygen atoms in total. The predicted octanol–water partition coefficient (Wildman–Crippen LogP) is 3.91. The van der Waals surface area contributed by atoms with Crippen molar-refractivity contribution in [1.82, 2.24) is 24.9 Å². The fraction of sp³-hybridized carbons (Fsp3) is 0.656. The monoisotopic (exact) mass is 579 g/mol. The summed E-state index contributed by atoms with van der Waals surface area (Å²) in [7, 11) is 3.29. The van der Waals surface area contributed by atoms with Crippen LogP contribution in [-0.4, -0.2) is 97.6 Å². The van der Waals surface area contributed by atoms with Gasteiger partial charge in [0.05, 0.1) is 50.1 Å². The summed E-state index contributed by atoms with van der Waals surface area (Å²) >= 11 is 0. The summed E-state index contributed by atoms with van der Waals surface area (Å²) in [6.45, 7) is 6.04. The molecule has 1 aliphatic carbocycles. The predicted molar refractivity (Wildman–Crippen MR) is 159 cm³/mol. The van der Waals surface area contributed by atoms with E-state index in [0.29, 0.717) is 23.6 Å². The van der Waals surface area contributed by atoms with E-state index in [1.807, 2.05) is 33.8 Å². The molecule has 3 aliphatic heterocycles. The van der Waals surface area contributed by atoms with Crippen molar-refractivity contribution in [3.8, 4) is 22.8 Å². The molecule has 1 saturated carbocycles. The molecule has 1 N–H and O–H groups in total. The molecule has 42 heavy (non-hydrogen) atoms. The van der Waals surface area contributed by atoms with Crippen LogP contribution in [0.1, 0.15) is 74.3 Å². The van der Waals surface area contributed by atoms with Gasteiger partial charge in [0.2, 0.25) is 5.91 Å². The summed E-state index contributed by atoms with van der Waals surface area (Å²) in [6, 6.07) is 7.51. The third-order valence-corrected chi connectivity index (χ3v) is 9.54. The first kappa shape index (κ1) is 29.0. The van der Waals surface area contributed by atoms with Crippen molar-refractivity contribution < 1.29 is 23.8 Å². The third kappa shape index (κ3) is 6.01. The standard InChI is InChI=1S/C32H45N5O5/c1-40-27-11-8-12-28(41-2)30(27)26-18-25(34-37(26)24-9-4-5-10-24)31(39)33-23(13-16-35-14-6-3-7-15-35)17-29(38)36-19-32(20-36)21-42-22-32/h8,11-12,18,23-24H,3-7,9-10,13-17,19-22H2,1-2H3,(H,33,39)/t23-/m0/s1. The molecule has 2 amide bonds. The summed E-state index contributed by atoms with van der Waals surface area (Å²) < 4.78 is 18.8. The Hall–Kier alpha value is -3.11. The van der Waals surface area contributed by atoms with E-state index in [-0.39, 0.29) is 29.3 Å². The molecule has 2 aromatic rings. The fourth-order valence-corrected chi connectivity index (χ4v) is 7.08. The van der Waals surface area contributed by atoms with Gasteiger partial charge in [-0.3, -0.25) is 14.3 Å². The van der Waals surface area contributed by atoms with Crippen molar-refractivity contribution in [2.24, 2.45) is 5.41 Å². The minimum absolute atomic E-state index is 0.104. The van der Waals surface area contributed by atoms with Gasteiger partial charge in [0.1, 0.15) is 11.5 Å². The number of hydrogen-bond donors (Lipinski definition) is 1. The number of amides is 2. The van der Waals surface area contributed by atoms with Gasteiger partial charge in [-0.1, -0.05) is 25.3 Å². The molecule has 0 radical (unpaired) electrons. The molecule has 4 heterocycles. The van der Waals surface area contributed by atoms with E-state index in [4.69, 9.17) is 19.3 Å². The van der Waals surface area contributed by atoms with Gasteiger partial charge in [-0.25, -0.2) is 0 Å². The van der Waals surface area contributed by atoms with Gasteiger partial charge in [-0.05, 0) is 63.4 Å². The second-order valence-electron chi connectivity index (χ2n) is 12.6. The van der Waals surface area contributed by atoms with Crippen LogP contribution in [0, 0.1) is 5.41 Å². The molecule has 4 aliphatic rings. The number of aromatic nitrogens is 2. The lowest BCUT2D eigenvalue weighted by Crippen LogP contribution is -2.67. The van der Waals surface area contributed by atoms with E-state index in [1.54, 1.807) is 14.2 Å². The number of nitrogens with zero attached hydrogens (tertiary/aromatic N) is 4. The molecule has 228 valence electrons. The number of nitrogens with one attached hydrogen (secondary N) is 1. The Morgan fingerprint density at radius 1 is 1.05 bits per heavy atom. The van der Waals surface area contributed by atoms with E-state index < -0.39 is 0 Å². The van der Waals surface area contributed by atoms with Crippen LogP contribution >= 0.6 is 0 Å². The van der Waals surface area contributed by atoms with E-state index in [1.165, 1.54) is 19.3 Å². The van der Waals surface area contributed by atoms with Crippen molar-refractivity contribution in [2.45, 2.75) is 69.9 Å². The highest BCUT2D eigenvalue weighted by atomic mass is 16.5. The first-order valence-electron chi connectivity index (χ1n) is 15.7. The van der Waals surface area contributed by atoms with Crippen molar-refractivity contribution in [2.75, 3.05) is 60.2 Å². The van der Waals surface area contributed by atoms with Gasteiger partial charge in [-0.2, -0.15) is 5.10 Å². The molecule has 4 fully saturated rings. The lowest BCUT2D eigenvalue weighted by molar-refractivity contribution is -0.195. The summed E-state index contributed by atoms with van der Waals surface area (Å²) in [4.78, 5) is 31.5. The van der Waals surface area contributed by atoms with Crippen molar-refractivity contribution >= 4 is 11.8 Å². The van der Waals surface area contributed by atoms with Crippen LogP contribution in [-0.2, 0) is 9.53 Å². The Kier molecular flexibility index (Phi) is 8.72. The average Bonchev–Trinajstić information content (AvgIpc) is 3.65. The van der Waals surface area contributed by atoms with E-state index in [0.717, 1.165) is 89.3 Å². The lowest BCUT2D eigenvalue weighted by Gasteiger charge is -2.55. The van der Waals surface area contributed by atoms with Gasteiger partial charge in [-0.15, -0.1) is 0 Å². The number of rotatable bonds is 11. The summed E-state index contributed by atoms with van der Waals surface area (Å²) in [6.07, 6.45) is 9.04. The average molecular weight is 580 g/mol.